The summed E-state index contributed by atoms with van der Waals surface area (Å²) < 4.78 is 4.73. The fraction of sp³-hybridized carbons (Fsp3) is 0.389. The van der Waals surface area contributed by atoms with Crippen molar-refractivity contribution in [3.8, 4) is 0 Å². The summed E-state index contributed by atoms with van der Waals surface area (Å²) in [4.78, 5) is 28.3. The zero-order valence-corrected chi connectivity index (χ0v) is 14.4. The highest BCUT2D eigenvalue weighted by Crippen LogP contribution is 2.15. The quantitative estimate of drug-likeness (QED) is 0.921. The number of benzene rings is 1. The van der Waals surface area contributed by atoms with Gasteiger partial charge in [-0.2, -0.15) is 0 Å². The number of rotatable bonds is 4. The predicted molar refractivity (Wildman–Crippen MR) is 91.5 cm³/mol. The molecule has 0 radical (unpaired) electrons. The standard InChI is InChI=1S/C18H22N4O3/c1-13-3-5-15(6-4-13)12-21-8-9-22(14(2)17(21)23)18(24)19-11-16-7-10-25-20-16/h3-7,10,14H,8-9,11-12H2,1-2H3,(H,19,24)/t14-/m0/s1. The number of aromatic nitrogens is 1. The first-order chi connectivity index (χ1) is 12.0. The van der Waals surface area contributed by atoms with Crippen LogP contribution in [0.15, 0.2) is 41.1 Å². The first-order valence-corrected chi connectivity index (χ1v) is 8.32. The van der Waals surface area contributed by atoms with Crippen LogP contribution in [0.1, 0.15) is 23.7 Å². The summed E-state index contributed by atoms with van der Waals surface area (Å²) in [6.07, 6.45) is 1.46. The molecule has 0 unspecified atom stereocenters. The third-order valence-corrected chi connectivity index (χ3v) is 4.41. The Morgan fingerprint density at radius 3 is 2.72 bits per heavy atom. The zero-order chi connectivity index (χ0) is 17.8. The van der Waals surface area contributed by atoms with Crippen LogP contribution in [0.25, 0.3) is 0 Å². The van der Waals surface area contributed by atoms with Crippen LogP contribution in [0.5, 0.6) is 0 Å². The van der Waals surface area contributed by atoms with E-state index in [0.717, 1.165) is 5.56 Å². The van der Waals surface area contributed by atoms with Crippen LogP contribution in [0.4, 0.5) is 4.79 Å². The fourth-order valence-electron chi connectivity index (χ4n) is 2.87. The maximum absolute atomic E-state index is 12.6. The van der Waals surface area contributed by atoms with E-state index >= 15 is 0 Å². The van der Waals surface area contributed by atoms with Gasteiger partial charge in [-0.25, -0.2) is 4.79 Å². The Hall–Kier alpha value is -2.83. The topological polar surface area (TPSA) is 78.7 Å². The monoisotopic (exact) mass is 342 g/mol. The number of carbonyl (C=O) groups excluding carboxylic acids is 2. The molecule has 7 nitrogen and oxygen atoms in total. The van der Waals surface area contributed by atoms with Crippen LogP contribution in [-0.2, 0) is 17.9 Å². The Bertz CT molecular complexity index is 727. The number of hydrogen-bond acceptors (Lipinski definition) is 4. The minimum atomic E-state index is -0.489. The van der Waals surface area contributed by atoms with Crippen LogP contribution in [-0.4, -0.2) is 46.0 Å². The first-order valence-electron chi connectivity index (χ1n) is 8.32. The summed E-state index contributed by atoms with van der Waals surface area (Å²) in [5.74, 6) is -0.0385. The molecule has 1 N–H and O–H groups in total. The van der Waals surface area contributed by atoms with Crippen LogP contribution in [0.3, 0.4) is 0 Å². The second-order valence-electron chi connectivity index (χ2n) is 6.26. The molecule has 1 aromatic carbocycles. The van der Waals surface area contributed by atoms with Gasteiger partial charge in [0.2, 0.25) is 5.91 Å². The maximum atomic E-state index is 12.6. The van der Waals surface area contributed by atoms with Crippen LogP contribution in [0.2, 0.25) is 0 Å². The van der Waals surface area contributed by atoms with Crippen LogP contribution >= 0.6 is 0 Å². The molecular weight excluding hydrogens is 320 g/mol. The smallest absolute Gasteiger partial charge is 0.318 e. The largest absolute Gasteiger partial charge is 0.364 e. The van der Waals surface area contributed by atoms with E-state index in [2.05, 4.69) is 10.5 Å². The summed E-state index contributed by atoms with van der Waals surface area (Å²) in [5, 5.41) is 6.52. The van der Waals surface area contributed by atoms with Gasteiger partial charge in [0, 0.05) is 25.7 Å². The Morgan fingerprint density at radius 1 is 1.28 bits per heavy atom. The molecule has 132 valence electrons. The number of nitrogens with one attached hydrogen (secondary N) is 1. The number of urea groups is 1. The van der Waals surface area contributed by atoms with Gasteiger partial charge in [0.05, 0.1) is 6.54 Å². The molecular formula is C18H22N4O3. The number of piperazine rings is 1. The average molecular weight is 342 g/mol. The molecule has 1 aliphatic rings. The molecule has 0 aliphatic carbocycles. The lowest BCUT2D eigenvalue weighted by atomic mass is 10.1. The number of aryl methyl sites for hydroxylation is 1. The van der Waals surface area contributed by atoms with E-state index in [1.165, 1.54) is 11.8 Å². The lowest BCUT2D eigenvalue weighted by Crippen LogP contribution is -2.59. The average Bonchev–Trinajstić information content (AvgIpc) is 3.12. The van der Waals surface area contributed by atoms with Gasteiger partial charge in [-0.15, -0.1) is 0 Å². The highest BCUT2D eigenvalue weighted by Gasteiger charge is 2.34. The molecule has 2 aromatic rings. The summed E-state index contributed by atoms with van der Waals surface area (Å²) >= 11 is 0. The van der Waals surface area contributed by atoms with E-state index in [1.54, 1.807) is 22.8 Å². The van der Waals surface area contributed by atoms with Gasteiger partial charge in [-0.3, -0.25) is 4.79 Å². The zero-order valence-electron chi connectivity index (χ0n) is 14.4. The van der Waals surface area contributed by atoms with Crippen molar-refractivity contribution in [1.29, 1.82) is 0 Å². The summed E-state index contributed by atoms with van der Waals surface area (Å²) in [6, 6.07) is 9.08. The number of carbonyl (C=O) groups is 2. The number of hydrogen-bond donors (Lipinski definition) is 1. The van der Waals surface area contributed by atoms with E-state index in [1.807, 2.05) is 31.2 Å². The van der Waals surface area contributed by atoms with Gasteiger partial charge in [0.15, 0.2) is 0 Å². The minimum Gasteiger partial charge on any atom is -0.364 e. The molecule has 3 amide bonds. The number of amides is 3. The molecule has 1 saturated heterocycles. The molecule has 0 spiro atoms. The van der Waals surface area contributed by atoms with E-state index in [0.29, 0.717) is 25.3 Å². The van der Waals surface area contributed by atoms with E-state index in [-0.39, 0.29) is 18.5 Å². The van der Waals surface area contributed by atoms with Gasteiger partial charge >= 0.3 is 6.03 Å². The third kappa shape index (κ3) is 3.99. The van der Waals surface area contributed by atoms with Crippen molar-refractivity contribution in [3.05, 3.63) is 53.4 Å². The molecule has 1 aliphatic heterocycles. The van der Waals surface area contributed by atoms with Gasteiger partial charge in [-0.05, 0) is 19.4 Å². The van der Waals surface area contributed by atoms with Gasteiger partial charge in [0.1, 0.15) is 18.0 Å². The third-order valence-electron chi connectivity index (χ3n) is 4.41. The fourth-order valence-corrected chi connectivity index (χ4v) is 2.87. The molecule has 1 atom stereocenters. The van der Waals surface area contributed by atoms with Crippen LogP contribution < -0.4 is 5.32 Å². The molecule has 3 rings (SSSR count). The van der Waals surface area contributed by atoms with E-state index in [4.69, 9.17) is 4.52 Å². The Morgan fingerprint density at radius 2 is 2.04 bits per heavy atom. The first kappa shape index (κ1) is 17.0. The van der Waals surface area contributed by atoms with Crippen molar-refractivity contribution in [1.82, 2.24) is 20.3 Å². The molecule has 1 fully saturated rings. The van der Waals surface area contributed by atoms with Crippen molar-refractivity contribution >= 4 is 11.9 Å². The lowest BCUT2D eigenvalue weighted by Gasteiger charge is -2.39. The second kappa shape index (κ2) is 7.38. The van der Waals surface area contributed by atoms with Gasteiger partial charge in [-0.1, -0.05) is 35.0 Å². The molecule has 0 bridgehead atoms. The Labute approximate surface area is 146 Å². The Kier molecular flexibility index (Phi) is 5.02. The highest BCUT2D eigenvalue weighted by atomic mass is 16.5. The minimum absolute atomic E-state index is 0.0385. The lowest BCUT2D eigenvalue weighted by molar-refractivity contribution is -0.139. The number of nitrogens with zero attached hydrogens (tertiary/aromatic N) is 3. The maximum Gasteiger partial charge on any atom is 0.318 e. The molecule has 7 heteroatoms. The molecule has 0 saturated carbocycles. The second-order valence-corrected chi connectivity index (χ2v) is 6.26. The van der Waals surface area contributed by atoms with Crippen molar-refractivity contribution in [2.24, 2.45) is 0 Å². The highest BCUT2D eigenvalue weighted by molar-refractivity contribution is 5.88. The van der Waals surface area contributed by atoms with Crippen molar-refractivity contribution < 1.29 is 14.1 Å². The van der Waals surface area contributed by atoms with Crippen molar-refractivity contribution in [3.63, 3.8) is 0 Å². The summed E-state index contributed by atoms with van der Waals surface area (Å²) in [7, 11) is 0. The summed E-state index contributed by atoms with van der Waals surface area (Å²) in [5.41, 5.74) is 2.93. The molecule has 2 heterocycles. The van der Waals surface area contributed by atoms with Crippen molar-refractivity contribution in [2.75, 3.05) is 13.1 Å². The van der Waals surface area contributed by atoms with Gasteiger partial charge in [0.25, 0.3) is 0 Å². The molecule has 1 aromatic heterocycles. The predicted octanol–water partition coefficient (Wildman–Crippen LogP) is 1.93. The SMILES string of the molecule is Cc1ccc(CN2CCN(C(=O)NCc3ccon3)[C@@H](C)C2=O)cc1. The normalized spacial score (nSPS) is 17.7. The van der Waals surface area contributed by atoms with Crippen LogP contribution in [0, 0.1) is 6.92 Å². The van der Waals surface area contributed by atoms with Crippen molar-refractivity contribution in [2.45, 2.75) is 33.0 Å². The van der Waals surface area contributed by atoms with E-state index in [9.17, 15) is 9.59 Å². The summed E-state index contributed by atoms with van der Waals surface area (Å²) in [6.45, 7) is 5.67. The molecule has 25 heavy (non-hydrogen) atoms. The van der Waals surface area contributed by atoms with E-state index < -0.39 is 6.04 Å². The van der Waals surface area contributed by atoms with Gasteiger partial charge < -0.3 is 19.6 Å². The Balaban J connectivity index is 1.56.